The summed E-state index contributed by atoms with van der Waals surface area (Å²) in [5, 5.41) is 0. The van der Waals surface area contributed by atoms with E-state index in [1.165, 1.54) is 77.0 Å². The van der Waals surface area contributed by atoms with Gasteiger partial charge in [0.25, 0.3) is 0 Å². The van der Waals surface area contributed by atoms with Crippen LogP contribution in [0.25, 0.3) is 0 Å². The van der Waals surface area contributed by atoms with Crippen molar-refractivity contribution >= 4 is 7.82 Å². The van der Waals surface area contributed by atoms with Gasteiger partial charge >= 0.3 is 7.82 Å². The molecule has 0 amide bonds. The maximum Gasteiger partial charge on any atom is 0.472 e. The van der Waals surface area contributed by atoms with E-state index < -0.39 is 7.82 Å². The van der Waals surface area contributed by atoms with E-state index in [0.29, 0.717) is 24.1 Å². The molecule has 0 rings (SSSR count). The Balaban J connectivity index is 3.35. The first-order valence-electron chi connectivity index (χ1n) is 12.5. The van der Waals surface area contributed by atoms with E-state index in [0.717, 1.165) is 6.42 Å². The standard InChI is InChI=1S/C24H50NO5P/c1-5-6-7-8-9-10-11-12-13-14-15-16-17-18-21-28-22-19-23-29-31(26,27)30-24-20-25(2,3)4/h18,21H,5-17,19-20,22-24H2,1-4H3/p+1/b21-18-. The third-order valence-corrected chi connectivity index (χ3v) is 6.11. The summed E-state index contributed by atoms with van der Waals surface area (Å²) in [6.07, 6.45) is 21.7. The molecule has 0 aliphatic rings. The Hall–Kier alpha value is -0.390. The average Bonchev–Trinajstić information content (AvgIpc) is 2.68. The second-order valence-corrected chi connectivity index (χ2v) is 10.9. The quantitative estimate of drug-likeness (QED) is 0.0776. The fourth-order valence-corrected chi connectivity index (χ4v) is 3.84. The fourth-order valence-electron chi connectivity index (χ4n) is 3.10. The molecule has 6 nitrogen and oxygen atoms in total. The van der Waals surface area contributed by atoms with Crippen molar-refractivity contribution < 1.29 is 27.7 Å². The molecule has 0 aromatic rings. The summed E-state index contributed by atoms with van der Waals surface area (Å²) in [6, 6.07) is 0. The second-order valence-electron chi connectivity index (χ2n) is 9.42. The van der Waals surface area contributed by atoms with E-state index in [-0.39, 0.29) is 13.2 Å². The van der Waals surface area contributed by atoms with Crippen LogP contribution in [-0.2, 0) is 18.3 Å². The lowest BCUT2D eigenvalue weighted by molar-refractivity contribution is -0.870. The predicted molar refractivity (Wildman–Crippen MR) is 130 cm³/mol. The summed E-state index contributed by atoms with van der Waals surface area (Å²) in [4.78, 5) is 9.60. The molecule has 0 radical (unpaired) electrons. The highest BCUT2D eigenvalue weighted by molar-refractivity contribution is 7.47. The molecule has 7 heteroatoms. The van der Waals surface area contributed by atoms with E-state index in [4.69, 9.17) is 13.8 Å². The molecule has 0 bridgehead atoms. The van der Waals surface area contributed by atoms with Crippen LogP contribution in [0, 0.1) is 0 Å². The molecule has 0 aromatic carbocycles. The maximum absolute atomic E-state index is 11.7. The molecule has 31 heavy (non-hydrogen) atoms. The van der Waals surface area contributed by atoms with Crippen LogP contribution in [-0.4, -0.2) is 56.9 Å². The lowest BCUT2D eigenvalue weighted by Gasteiger charge is -2.24. The summed E-state index contributed by atoms with van der Waals surface area (Å²) in [6.45, 7) is 3.71. The Kier molecular flexibility index (Phi) is 20.0. The van der Waals surface area contributed by atoms with Crippen molar-refractivity contribution in [3.05, 3.63) is 12.3 Å². The van der Waals surface area contributed by atoms with Gasteiger partial charge in [-0.15, -0.1) is 0 Å². The van der Waals surface area contributed by atoms with Crippen LogP contribution in [0.15, 0.2) is 12.3 Å². The number of nitrogens with zero attached hydrogens (tertiary/aromatic N) is 1. The largest absolute Gasteiger partial charge is 0.501 e. The van der Waals surface area contributed by atoms with Gasteiger partial charge in [-0.3, -0.25) is 9.05 Å². The summed E-state index contributed by atoms with van der Waals surface area (Å²) < 4.78 is 27.7. The van der Waals surface area contributed by atoms with Gasteiger partial charge in [-0.25, -0.2) is 4.57 Å². The Morgan fingerprint density at radius 3 is 1.81 bits per heavy atom. The van der Waals surface area contributed by atoms with Gasteiger partial charge in [-0.2, -0.15) is 0 Å². The molecular formula is C24H51NO5P+. The Morgan fingerprint density at radius 2 is 1.26 bits per heavy atom. The van der Waals surface area contributed by atoms with E-state index in [9.17, 15) is 9.46 Å². The van der Waals surface area contributed by atoms with Crippen molar-refractivity contribution in [2.75, 3.05) is 47.5 Å². The molecule has 1 atom stereocenters. The molecule has 0 saturated heterocycles. The summed E-state index contributed by atoms with van der Waals surface area (Å²) >= 11 is 0. The van der Waals surface area contributed by atoms with Gasteiger partial charge < -0.3 is 14.1 Å². The number of phosphoric ester groups is 1. The van der Waals surface area contributed by atoms with Crippen LogP contribution in [0.4, 0.5) is 0 Å². The Morgan fingerprint density at radius 1 is 0.742 bits per heavy atom. The Labute approximate surface area is 192 Å². The molecule has 0 aliphatic heterocycles. The van der Waals surface area contributed by atoms with E-state index in [1.54, 1.807) is 6.26 Å². The predicted octanol–water partition coefficient (Wildman–Crippen LogP) is 6.84. The van der Waals surface area contributed by atoms with Gasteiger partial charge in [0.2, 0.25) is 0 Å². The third-order valence-electron chi connectivity index (χ3n) is 5.09. The molecule has 0 saturated carbocycles. The van der Waals surface area contributed by atoms with Gasteiger partial charge in [-0.1, -0.05) is 77.6 Å². The zero-order chi connectivity index (χ0) is 23.3. The van der Waals surface area contributed by atoms with Crippen LogP contribution in [0.1, 0.15) is 96.8 Å². The molecule has 1 N–H and O–H groups in total. The van der Waals surface area contributed by atoms with E-state index in [1.807, 2.05) is 21.1 Å². The first kappa shape index (κ1) is 30.6. The number of unbranched alkanes of at least 4 members (excludes halogenated alkanes) is 12. The topological polar surface area (TPSA) is 65.0 Å². The first-order valence-corrected chi connectivity index (χ1v) is 14.0. The monoisotopic (exact) mass is 464 g/mol. The minimum atomic E-state index is -3.95. The summed E-state index contributed by atoms with van der Waals surface area (Å²) in [5.41, 5.74) is 0. The highest BCUT2D eigenvalue weighted by Gasteiger charge is 2.21. The lowest BCUT2D eigenvalue weighted by atomic mass is 10.0. The van der Waals surface area contributed by atoms with Crippen LogP contribution >= 0.6 is 7.82 Å². The SMILES string of the molecule is CCCCCCCCCCCCCC/C=C\OCCCOP(=O)(O)OCC[N+](C)(C)C. The zero-order valence-electron chi connectivity index (χ0n) is 20.9. The normalized spacial score (nSPS) is 14.2. The molecule has 0 aliphatic carbocycles. The van der Waals surface area contributed by atoms with Crippen molar-refractivity contribution in [1.82, 2.24) is 0 Å². The van der Waals surface area contributed by atoms with Crippen LogP contribution in [0.2, 0.25) is 0 Å². The number of ether oxygens (including phenoxy) is 1. The van der Waals surface area contributed by atoms with Crippen molar-refractivity contribution in [2.45, 2.75) is 96.8 Å². The van der Waals surface area contributed by atoms with Crippen LogP contribution in [0.3, 0.4) is 0 Å². The van der Waals surface area contributed by atoms with Gasteiger partial charge in [0.1, 0.15) is 13.2 Å². The second kappa shape index (κ2) is 20.2. The van der Waals surface area contributed by atoms with E-state index >= 15 is 0 Å². The number of rotatable bonds is 23. The highest BCUT2D eigenvalue weighted by atomic mass is 31.2. The first-order chi connectivity index (χ1) is 14.8. The smallest absolute Gasteiger partial charge is 0.472 e. The Bertz CT molecular complexity index is 465. The number of quaternary nitrogens is 1. The van der Waals surface area contributed by atoms with Gasteiger partial charge in [0.15, 0.2) is 0 Å². The molecule has 1 unspecified atom stereocenters. The highest BCUT2D eigenvalue weighted by Crippen LogP contribution is 2.43. The fraction of sp³-hybridized carbons (Fsp3) is 0.917. The third kappa shape index (κ3) is 25.7. The van der Waals surface area contributed by atoms with Crippen LogP contribution < -0.4 is 0 Å². The number of hydrogen-bond acceptors (Lipinski definition) is 4. The van der Waals surface area contributed by atoms with Gasteiger partial charge in [-0.05, 0) is 18.9 Å². The summed E-state index contributed by atoms with van der Waals surface area (Å²) in [5.74, 6) is 0. The lowest BCUT2D eigenvalue weighted by Crippen LogP contribution is -2.37. The maximum atomic E-state index is 11.7. The summed E-state index contributed by atoms with van der Waals surface area (Å²) in [7, 11) is 2.03. The van der Waals surface area contributed by atoms with Crippen LogP contribution in [0.5, 0.6) is 0 Å². The minimum absolute atomic E-state index is 0.144. The minimum Gasteiger partial charge on any atom is -0.501 e. The number of phosphoric acid groups is 1. The number of likely N-dealkylation sites (N-methyl/N-ethyl adjacent to an activating group) is 1. The molecule has 0 fully saturated rings. The van der Waals surface area contributed by atoms with Gasteiger partial charge in [0.05, 0.1) is 40.6 Å². The molecule has 186 valence electrons. The van der Waals surface area contributed by atoms with Gasteiger partial charge in [0, 0.05) is 6.42 Å². The number of hydrogen-bond donors (Lipinski definition) is 1. The number of allylic oxidation sites excluding steroid dienone is 1. The van der Waals surface area contributed by atoms with E-state index in [2.05, 4.69) is 13.0 Å². The van der Waals surface area contributed by atoms with Crippen molar-refractivity contribution in [1.29, 1.82) is 0 Å². The average molecular weight is 465 g/mol. The zero-order valence-corrected chi connectivity index (χ0v) is 21.8. The molecular weight excluding hydrogens is 413 g/mol. The molecule has 0 heterocycles. The van der Waals surface area contributed by atoms with Crippen molar-refractivity contribution in [3.8, 4) is 0 Å². The molecule has 0 spiro atoms. The van der Waals surface area contributed by atoms with Crippen molar-refractivity contribution in [3.63, 3.8) is 0 Å². The molecule has 0 aromatic heterocycles. The van der Waals surface area contributed by atoms with Crippen molar-refractivity contribution in [2.24, 2.45) is 0 Å².